The first-order valence-electron chi connectivity index (χ1n) is 12.7. The van der Waals surface area contributed by atoms with Crippen LogP contribution in [-0.2, 0) is 13.2 Å². The molecular weight excluding hydrogens is 529 g/mol. The molecule has 0 saturated carbocycles. The number of halogens is 2. The number of fused-ring (bicyclic) bond motifs is 1. The first-order chi connectivity index (χ1) is 19.0. The molecule has 5 nitrogen and oxygen atoms in total. The summed E-state index contributed by atoms with van der Waals surface area (Å²) in [7, 11) is 0. The molecule has 0 spiro atoms. The monoisotopic (exact) mass is 553 g/mol. The van der Waals surface area contributed by atoms with Crippen LogP contribution in [0.5, 0.6) is 5.75 Å². The van der Waals surface area contributed by atoms with Crippen molar-refractivity contribution < 1.29 is 9.53 Å². The number of nitrogens with zero attached hydrogens (tertiary/aromatic N) is 2. The zero-order chi connectivity index (χ0) is 26.9. The summed E-state index contributed by atoms with van der Waals surface area (Å²) in [5.74, 6) is 0.603. The van der Waals surface area contributed by atoms with Crippen molar-refractivity contribution in [1.29, 1.82) is 0 Å². The van der Waals surface area contributed by atoms with Crippen LogP contribution >= 0.6 is 23.2 Å². The van der Waals surface area contributed by atoms with Crippen LogP contribution in [0.15, 0.2) is 97.1 Å². The van der Waals surface area contributed by atoms with Crippen molar-refractivity contribution in [2.24, 2.45) is 0 Å². The van der Waals surface area contributed by atoms with Gasteiger partial charge in [-0.25, -0.2) is 0 Å². The van der Waals surface area contributed by atoms with Gasteiger partial charge < -0.3 is 9.64 Å². The van der Waals surface area contributed by atoms with Crippen molar-refractivity contribution in [2.45, 2.75) is 26.1 Å². The van der Waals surface area contributed by atoms with Crippen LogP contribution in [0.3, 0.4) is 0 Å². The topological polar surface area (TPSA) is 58.2 Å². The zero-order valence-electron chi connectivity index (χ0n) is 21.2. The van der Waals surface area contributed by atoms with Gasteiger partial charge in [0, 0.05) is 33.3 Å². The summed E-state index contributed by atoms with van der Waals surface area (Å²) in [6.45, 7) is 2.78. The van der Waals surface area contributed by atoms with E-state index in [0.29, 0.717) is 34.6 Å². The van der Waals surface area contributed by atoms with Crippen LogP contribution < -0.4 is 4.74 Å². The van der Waals surface area contributed by atoms with E-state index in [4.69, 9.17) is 27.9 Å². The fraction of sp³-hybridized carbons (Fsp3) is 0.125. The van der Waals surface area contributed by atoms with E-state index >= 15 is 0 Å². The van der Waals surface area contributed by atoms with Crippen LogP contribution in [0.2, 0.25) is 10.0 Å². The van der Waals surface area contributed by atoms with E-state index in [0.717, 1.165) is 39.1 Å². The molecule has 1 unspecified atom stereocenters. The molecule has 6 rings (SSSR count). The van der Waals surface area contributed by atoms with E-state index in [1.165, 1.54) is 0 Å². The quantitative estimate of drug-likeness (QED) is 0.222. The van der Waals surface area contributed by atoms with Gasteiger partial charge in [-0.05, 0) is 42.3 Å². The summed E-state index contributed by atoms with van der Waals surface area (Å²) in [5, 5.41) is 8.90. The molecule has 0 aliphatic carbocycles. The molecule has 1 aliphatic heterocycles. The number of aromatic nitrogens is 2. The van der Waals surface area contributed by atoms with E-state index in [1.807, 2.05) is 96.8 Å². The van der Waals surface area contributed by atoms with E-state index in [1.54, 1.807) is 0 Å². The molecule has 1 aliphatic rings. The van der Waals surface area contributed by atoms with Gasteiger partial charge in [0.25, 0.3) is 5.91 Å². The fourth-order valence-electron chi connectivity index (χ4n) is 4.97. The third kappa shape index (κ3) is 4.91. The highest BCUT2D eigenvalue weighted by atomic mass is 35.5. The van der Waals surface area contributed by atoms with Crippen molar-refractivity contribution in [3.8, 4) is 17.0 Å². The lowest BCUT2D eigenvalue weighted by Gasteiger charge is -2.27. The molecule has 1 N–H and O–H groups in total. The molecular formula is C32H25Cl2N3O2. The fourth-order valence-corrected chi connectivity index (χ4v) is 5.36. The van der Waals surface area contributed by atoms with Gasteiger partial charge in [-0.2, -0.15) is 5.10 Å². The number of amides is 1. The van der Waals surface area contributed by atoms with Crippen LogP contribution in [0.1, 0.15) is 44.3 Å². The number of carbonyl (C=O) groups excluding carboxylic acids is 1. The third-order valence-electron chi connectivity index (χ3n) is 7.04. The molecule has 0 fully saturated rings. The maximum absolute atomic E-state index is 13.7. The second kappa shape index (κ2) is 10.6. The molecule has 39 heavy (non-hydrogen) atoms. The van der Waals surface area contributed by atoms with Crippen molar-refractivity contribution in [3.63, 3.8) is 0 Å². The Hall–Kier alpha value is -4.06. The summed E-state index contributed by atoms with van der Waals surface area (Å²) in [4.78, 5) is 15.6. The molecule has 194 valence electrons. The number of hydrogen-bond donors (Lipinski definition) is 1. The summed E-state index contributed by atoms with van der Waals surface area (Å²) >= 11 is 12.8. The molecule has 0 saturated heterocycles. The maximum Gasteiger partial charge on any atom is 0.273 e. The van der Waals surface area contributed by atoms with Gasteiger partial charge in [-0.1, -0.05) is 102 Å². The average Bonchev–Trinajstić information content (AvgIpc) is 3.49. The van der Waals surface area contributed by atoms with E-state index in [2.05, 4.69) is 22.3 Å². The van der Waals surface area contributed by atoms with Gasteiger partial charge in [0.2, 0.25) is 0 Å². The smallest absolute Gasteiger partial charge is 0.273 e. The normalized spacial score (nSPS) is 14.5. The highest BCUT2D eigenvalue weighted by Crippen LogP contribution is 2.44. The summed E-state index contributed by atoms with van der Waals surface area (Å²) in [5.41, 5.74) is 7.00. The second-order valence-electron chi connectivity index (χ2n) is 9.60. The van der Waals surface area contributed by atoms with Crippen molar-refractivity contribution in [1.82, 2.24) is 15.1 Å². The third-order valence-corrected chi connectivity index (χ3v) is 7.77. The van der Waals surface area contributed by atoms with Crippen molar-refractivity contribution >= 4 is 29.1 Å². The largest absolute Gasteiger partial charge is 0.489 e. The Morgan fingerprint density at radius 3 is 2.15 bits per heavy atom. The Labute approximate surface area is 237 Å². The maximum atomic E-state index is 13.7. The van der Waals surface area contributed by atoms with E-state index in [-0.39, 0.29) is 11.9 Å². The predicted octanol–water partition coefficient (Wildman–Crippen LogP) is 8.02. The molecule has 1 aromatic heterocycles. The molecule has 0 radical (unpaired) electrons. The van der Waals surface area contributed by atoms with Gasteiger partial charge in [0.1, 0.15) is 18.1 Å². The average molecular weight is 554 g/mol. The number of H-pyrrole nitrogens is 1. The standard InChI is InChI=1S/C32H25Cl2N3O2/c1-20-10-12-21(13-11-20)29-28-30(36-35-29)32(38)37(18-23-6-2-4-8-26(23)33)31(28)22-14-16-25(17-15-22)39-19-24-7-3-5-9-27(24)34/h2-17,31H,18-19H2,1H3,(H,35,36). The van der Waals surface area contributed by atoms with Crippen molar-refractivity contribution in [3.05, 3.63) is 141 Å². The van der Waals surface area contributed by atoms with Crippen molar-refractivity contribution in [2.75, 3.05) is 0 Å². The van der Waals surface area contributed by atoms with Gasteiger partial charge >= 0.3 is 0 Å². The van der Waals surface area contributed by atoms with Gasteiger partial charge in [-0.3, -0.25) is 9.89 Å². The van der Waals surface area contributed by atoms with Crippen LogP contribution in [0.4, 0.5) is 0 Å². The lowest BCUT2D eigenvalue weighted by atomic mass is 9.95. The number of nitrogens with one attached hydrogen (secondary N) is 1. The molecule has 2 heterocycles. The summed E-state index contributed by atoms with van der Waals surface area (Å²) < 4.78 is 6.01. The minimum atomic E-state index is -0.351. The van der Waals surface area contributed by atoms with Gasteiger partial charge in [0.05, 0.1) is 11.7 Å². The molecule has 5 aromatic rings. The number of rotatable bonds is 7. The van der Waals surface area contributed by atoms with Gasteiger partial charge in [-0.15, -0.1) is 0 Å². The Kier molecular flexibility index (Phi) is 6.86. The van der Waals surface area contributed by atoms with Crippen LogP contribution in [0, 0.1) is 6.92 Å². The molecule has 7 heteroatoms. The summed E-state index contributed by atoms with van der Waals surface area (Å²) in [6, 6.07) is 30.9. The lowest BCUT2D eigenvalue weighted by Crippen LogP contribution is -2.29. The second-order valence-corrected chi connectivity index (χ2v) is 10.4. The zero-order valence-corrected chi connectivity index (χ0v) is 22.7. The SMILES string of the molecule is Cc1ccc(-c2n[nH]c3c2C(c2ccc(OCc4ccccc4Cl)cc2)N(Cc2ccccc2Cl)C3=O)cc1. The summed E-state index contributed by atoms with van der Waals surface area (Å²) in [6.07, 6.45) is 0. The first kappa shape index (κ1) is 25.2. The Morgan fingerprint density at radius 1 is 0.846 bits per heavy atom. The molecule has 0 bridgehead atoms. The number of hydrogen-bond acceptors (Lipinski definition) is 3. The minimum absolute atomic E-state index is 0.111. The number of carbonyl (C=O) groups is 1. The predicted molar refractivity (Wildman–Crippen MR) is 154 cm³/mol. The Bertz CT molecular complexity index is 1650. The lowest BCUT2D eigenvalue weighted by molar-refractivity contribution is 0.0730. The number of aromatic amines is 1. The molecule has 1 amide bonds. The minimum Gasteiger partial charge on any atom is -0.489 e. The molecule has 1 atom stereocenters. The highest BCUT2D eigenvalue weighted by Gasteiger charge is 2.42. The number of benzene rings is 4. The van der Waals surface area contributed by atoms with E-state index in [9.17, 15) is 4.79 Å². The molecule has 4 aromatic carbocycles. The highest BCUT2D eigenvalue weighted by molar-refractivity contribution is 6.31. The number of aryl methyl sites for hydroxylation is 1. The van der Waals surface area contributed by atoms with Crippen LogP contribution in [0.25, 0.3) is 11.3 Å². The van der Waals surface area contributed by atoms with E-state index < -0.39 is 0 Å². The first-order valence-corrected chi connectivity index (χ1v) is 13.4. The Morgan fingerprint density at radius 2 is 1.49 bits per heavy atom. The van der Waals surface area contributed by atoms with Crippen LogP contribution in [-0.4, -0.2) is 21.0 Å². The Balaban J connectivity index is 1.36. The van der Waals surface area contributed by atoms with Gasteiger partial charge in [0.15, 0.2) is 0 Å². The number of ether oxygens (including phenoxy) is 1.